The van der Waals surface area contributed by atoms with Gasteiger partial charge in [-0.1, -0.05) is 72.8 Å². The first-order valence-corrected chi connectivity index (χ1v) is 8.25. The molecular weight excluding hydrogens is 344 g/mol. The highest BCUT2D eigenvalue weighted by atomic mass is 16.4. The van der Waals surface area contributed by atoms with Gasteiger partial charge in [0.2, 0.25) is 0 Å². The summed E-state index contributed by atoms with van der Waals surface area (Å²) in [5, 5.41) is 20.7. The van der Waals surface area contributed by atoms with Gasteiger partial charge in [-0.3, -0.25) is 4.79 Å². The summed E-state index contributed by atoms with van der Waals surface area (Å²) in [5.74, 6) is -3.26. The number of benzene rings is 3. The lowest BCUT2D eigenvalue weighted by Gasteiger charge is -2.10. The SMILES string of the molecule is O=C(O)C(CC(=O)c1cccc2ccccc12)=C(C(=O)O)c1ccccc1. The van der Waals surface area contributed by atoms with Crippen LogP contribution in [0.2, 0.25) is 0 Å². The number of carbonyl (C=O) groups excluding carboxylic acids is 1. The van der Waals surface area contributed by atoms with Gasteiger partial charge in [0.15, 0.2) is 5.78 Å². The van der Waals surface area contributed by atoms with Crippen molar-refractivity contribution in [2.24, 2.45) is 0 Å². The highest BCUT2D eigenvalue weighted by molar-refractivity contribution is 6.24. The van der Waals surface area contributed by atoms with Gasteiger partial charge in [-0.05, 0) is 16.3 Å². The van der Waals surface area contributed by atoms with Crippen molar-refractivity contribution in [1.29, 1.82) is 0 Å². The van der Waals surface area contributed by atoms with E-state index in [4.69, 9.17) is 0 Å². The molecule has 5 nitrogen and oxygen atoms in total. The first-order valence-electron chi connectivity index (χ1n) is 8.25. The Bertz CT molecular complexity index is 1060. The second-order valence-electron chi connectivity index (χ2n) is 5.96. The predicted molar refractivity (Wildman–Crippen MR) is 102 cm³/mol. The minimum atomic E-state index is -1.43. The second kappa shape index (κ2) is 7.66. The summed E-state index contributed by atoms with van der Waals surface area (Å²) in [6, 6.07) is 20.4. The molecule has 0 aliphatic rings. The van der Waals surface area contributed by atoms with E-state index in [9.17, 15) is 24.6 Å². The van der Waals surface area contributed by atoms with E-state index < -0.39 is 29.7 Å². The summed E-state index contributed by atoms with van der Waals surface area (Å²) in [4.78, 5) is 36.4. The van der Waals surface area contributed by atoms with Crippen molar-refractivity contribution in [2.45, 2.75) is 6.42 Å². The minimum Gasteiger partial charge on any atom is -0.478 e. The molecule has 0 heterocycles. The third kappa shape index (κ3) is 3.77. The summed E-state index contributed by atoms with van der Waals surface area (Å²) in [6.07, 6.45) is -0.514. The molecule has 0 aliphatic heterocycles. The van der Waals surface area contributed by atoms with Crippen molar-refractivity contribution in [3.8, 4) is 0 Å². The summed E-state index contributed by atoms with van der Waals surface area (Å²) in [7, 11) is 0. The molecule has 2 N–H and O–H groups in total. The van der Waals surface area contributed by atoms with Crippen LogP contribution in [0.25, 0.3) is 16.3 Å². The van der Waals surface area contributed by atoms with Crippen LogP contribution < -0.4 is 0 Å². The van der Waals surface area contributed by atoms with Crippen LogP contribution in [0, 0.1) is 0 Å². The maximum atomic E-state index is 12.8. The Balaban J connectivity index is 2.09. The van der Waals surface area contributed by atoms with Crippen molar-refractivity contribution in [3.05, 3.63) is 89.5 Å². The van der Waals surface area contributed by atoms with Crippen molar-refractivity contribution in [3.63, 3.8) is 0 Å². The smallest absolute Gasteiger partial charge is 0.336 e. The Morgan fingerprint density at radius 1 is 0.704 bits per heavy atom. The van der Waals surface area contributed by atoms with Crippen molar-refractivity contribution in [2.75, 3.05) is 0 Å². The van der Waals surface area contributed by atoms with Gasteiger partial charge in [-0.15, -0.1) is 0 Å². The molecule has 0 spiro atoms. The number of rotatable bonds is 6. The van der Waals surface area contributed by atoms with Gasteiger partial charge in [-0.2, -0.15) is 0 Å². The molecule has 3 aromatic carbocycles. The van der Waals surface area contributed by atoms with Crippen LogP contribution in [-0.2, 0) is 9.59 Å². The largest absolute Gasteiger partial charge is 0.478 e. The lowest BCUT2D eigenvalue weighted by atomic mass is 9.92. The Morgan fingerprint density at radius 2 is 1.33 bits per heavy atom. The molecule has 0 fully saturated rings. The van der Waals surface area contributed by atoms with E-state index in [0.29, 0.717) is 10.9 Å². The molecule has 0 aliphatic carbocycles. The number of carboxylic acids is 2. The van der Waals surface area contributed by atoms with Gasteiger partial charge in [-0.25, -0.2) is 9.59 Å². The Morgan fingerprint density at radius 3 is 2.00 bits per heavy atom. The van der Waals surface area contributed by atoms with Gasteiger partial charge in [0, 0.05) is 12.0 Å². The quantitative estimate of drug-likeness (QED) is 0.511. The standard InChI is InChI=1S/C22H16O5/c23-19(17-12-6-10-14-7-4-5-11-16(14)17)13-18(21(24)25)20(22(26)27)15-8-2-1-3-9-15/h1-12H,13H2,(H,24,25)(H,26,27). The predicted octanol–water partition coefficient (Wildman–Crippen LogP) is 4.04. The molecular formula is C22H16O5. The summed E-state index contributed by atoms with van der Waals surface area (Å²) < 4.78 is 0. The highest BCUT2D eigenvalue weighted by Crippen LogP contribution is 2.26. The fraction of sp³-hybridized carbons (Fsp3) is 0.0455. The number of aliphatic carboxylic acids is 2. The average Bonchev–Trinajstić information content (AvgIpc) is 2.67. The van der Waals surface area contributed by atoms with Gasteiger partial charge in [0.05, 0.1) is 11.1 Å². The van der Waals surface area contributed by atoms with E-state index in [-0.39, 0.29) is 11.1 Å². The number of fused-ring (bicyclic) bond motifs is 1. The lowest BCUT2D eigenvalue weighted by Crippen LogP contribution is -2.14. The van der Waals surface area contributed by atoms with E-state index >= 15 is 0 Å². The van der Waals surface area contributed by atoms with Crippen LogP contribution in [-0.4, -0.2) is 27.9 Å². The maximum Gasteiger partial charge on any atom is 0.336 e. The molecule has 0 aromatic heterocycles. The monoisotopic (exact) mass is 360 g/mol. The molecule has 0 atom stereocenters. The fourth-order valence-electron chi connectivity index (χ4n) is 3.03. The molecule has 0 unspecified atom stereocenters. The molecule has 0 saturated carbocycles. The zero-order valence-corrected chi connectivity index (χ0v) is 14.3. The summed E-state index contributed by atoms with van der Waals surface area (Å²) in [5.41, 5.74) is -0.207. The van der Waals surface area contributed by atoms with Crippen molar-refractivity contribution < 1.29 is 24.6 Å². The average molecular weight is 360 g/mol. The fourth-order valence-corrected chi connectivity index (χ4v) is 3.03. The number of Topliss-reactive ketones (excluding diaryl/α,β-unsaturated/α-hetero) is 1. The maximum absolute atomic E-state index is 12.8. The van der Waals surface area contributed by atoms with E-state index in [1.165, 1.54) is 12.1 Å². The number of ketones is 1. The van der Waals surface area contributed by atoms with E-state index in [1.807, 2.05) is 18.2 Å². The number of hydrogen-bond acceptors (Lipinski definition) is 3. The van der Waals surface area contributed by atoms with Gasteiger partial charge in [0.25, 0.3) is 0 Å². The number of hydrogen-bond donors (Lipinski definition) is 2. The van der Waals surface area contributed by atoms with Crippen LogP contribution >= 0.6 is 0 Å². The molecule has 3 aromatic rings. The summed E-state index contributed by atoms with van der Waals surface area (Å²) >= 11 is 0. The lowest BCUT2D eigenvalue weighted by molar-refractivity contribution is -0.134. The minimum absolute atomic E-state index is 0.244. The van der Waals surface area contributed by atoms with Gasteiger partial charge < -0.3 is 10.2 Å². The van der Waals surface area contributed by atoms with Crippen LogP contribution in [0.4, 0.5) is 0 Å². The Kier molecular flexibility index (Phi) is 5.13. The molecule has 0 saturated heterocycles. The number of carboxylic acid groups (broad SMARTS) is 2. The van der Waals surface area contributed by atoms with Crippen LogP contribution in [0.5, 0.6) is 0 Å². The Hall–Kier alpha value is -3.73. The van der Waals surface area contributed by atoms with E-state index in [0.717, 1.165) is 5.39 Å². The zero-order valence-electron chi connectivity index (χ0n) is 14.3. The highest BCUT2D eigenvalue weighted by Gasteiger charge is 2.25. The van der Waals surface area contributed by atoms with Crippen molar-refractivity contribution in [1.82, 2.24) is 0 Å². The normalized spacial score (nSPS) is 11.7. The second-order valence-corrected chi connectivity index (χ2v) is 5.96. The molecule has 0 radical (unpaired) electrons. The van der Waals surface area contributed by atoms with Gasteiger partial charge in [0.1, 0.15) is 0 Å². The first kappa shape index (κ1) is 18.1. The van der Waals surface area contributed by atoms with Crippen LogP contribution in [0.3, 0.4) is 0 Å². The van der Waals surface area contributed by atoms with Crippen molar-refractivity contribution >= 4 is 34.1 Å². The zero-order chi connectivity index (χ0) is 19.4. The van der Waals surface area contributed by atoms with Gasteiger partial charge >= 0.3 is 11.9 Å². The molecule has 0 bridgehead atoms. The Labute approximate surface area is 155 Å². The van der Waals surface area contributed by atoms with E-state index in [2.05, 4.69) is 0 Å². The molecule has 0 amide bonds. The first-order chi connectivity index (χ1) is 13.0. The molecule has 5 heteroatoms. The van der Waals surface area contributed by atoms with Crippen LogP contribution in [0.1, 0.15) is 22.3 Å². The van der Waals surface area contributed by atoms with Crippen LogP contribution in [0.15, 0.2) is 78.4 Å². The number of carbonyl (C=O) groups is 3. The molecule has 134 valence electrons. The topological polar surface area (TPSA) is 91.7 Å². The third-order valence-corrected chi connectivity index (χ3v) is 4.26. The van der Waals surface area contributed by atoms with E-state index in [1.54, 1.807) is 42.5 Å². The third-order valence-electron chi connectivity index (χ3n) is 4.26. The molecule has 27 heavy (non-hydrogen) atoms. The molecule has 3 rings (SSSR count). The summed E-state index contributed by atoms with van der Waals surface area (Å²) in [6.45, 7) is 0.